The van der Waals surface area contributed by atoms with E-state index in [4.69, 9.17) is 4.74 Å². The van der Waals surface area contributed by atoms with E-state index in [1.54, 1.807) is 24.0 Å². The molecule has 3 rings (SSSR count). The van der Waals surface area contributed by atoms with E-state index in [1.165, 1.54) is 0 Å². The van der Waals surface area contributed by atoms with Gasteiger partial charge in [0.25, 0.3) is 5.91 Å². The summed E-state index contributed by atoms with van der Waals surface area (Å²) >= 11 is 0. The van der Waals surface area contributed by atoms with Crippen LogP contribution in [0.1, 0.15) is 26.7 Å². The Labute approximate surface area is 129 Å². The molecule has 0 bridgehead atoms. The summed E-state index contributed by atoms with van der Waals surface area (Å²) in [6.45, 7) is 7.95. The summed E-state index contributed by atoms with van der Waals surface area (Å²) in [5, 5.41) is 2.90. The molecule has 2 amide bonds. The van der Waals surface area contributed by atoms with Crippen LogP contribution in [0.25, 0.3) is 0 Å². The van der Waals surface area contributed by atoms with Crippen LogP contribution in [0.5, 0.6) is 5.75 Å². The molecule has 0 aromatic heterocycles. The first-order valence-electron chi connectivity index (χ1n) is 7.53. The van der Waals surface area contributed by atoms with Gasteiger partial charge in [-0.05, 0) is 38.8 Å². The van der Waals surface area contributed by atoms with E-state index < -0.39 is 6.10 Å². The molecule has 1 aliphatic heterocycles. The molecular formula is C17H20N2O3. The minimum Gasteiger partial charge on any atom is -0.479 e. The van der Waals surface area contributed by atoms with Gasteiger partial charge in [0.2, 0.25) is 5.91 Å². The molecule has 22 heavy (non-hydrogen) atoms. The molecule has 1 heterocycles. The predicted molar refractivity (Wildman–Crippen MR) is 85.1 cm³/mol. The third kappa shape index (κ3) is 2.84. The van der Waals surface area contributed by atoms with Gasteiger partial charge in [0.15, 0.2) is 6.10 Å². The molecule has 0 radical (unpaired) electrons. The van der Waals surface area contributed by atoms with E-state index in [0.29, 0.717) is 18.0 Å². The lowest BCUT2D eigenvalue weighted by atomic mass is 10.1. The van der Waals surface area contributed by atoms with Crippen molar-refractivity contribution in [1.82, 2.24) is 0 Å². The Hall–Kier alpha value is -2.30. The van der Waals surface area contributed by atoms with Gasteiger partial charge in [-0.25, -0.2) is 0 Å². The van der Waals surface area contributed by atoms with Crippen LogP contribution >= 0.6 is 0 Å². The number of carbonyl (C=O) groups is 2. The number of nitrogens with one attached hydrogen (secondary N) is 1. The van der Waals surface area contributed by atoms with Gasteiger partial charge < -0.3 is 15.0 Å². The van der Waals surface area contributed by atoms with Crippen LogP contribution in [0.4, 0.5) is 11.4 Å². The normalized spacial score (nSPS) is 20.2. The molecule has 1 fully saturated rings. The molecule has 1 aromatic rings. The van der Waals surface area contributed by atoms with Gasteiger partial charge in [0.05, 0.1) is 5.69 Å². The molecule has 1 N–H and O–H groups in total. The Morgan fingerprint density at radius 2 is 2.18 bits per heavy atom. The second kappa shape index (κ2) is 5.48. The van der Waals surface area contributed by atoms with E-state index in [9.17, 15) is 9.59 Å². The number of carbonyl (C=O) groups excluding carboxylic acids is 2. The van der Waals surface area contributed by atoms with Crippen molar-refractivity contribution < 1.29 is 14.3 Å². The highest BCUT2D eigenvalue weighted by Gasteiger charge is 2.32. The second-order valence-corrected chi connectivity index (χ2v) is 6.09. The van der Waals surface area contributed by atoms with E-state index in [2.05, 4.69) is 11.9 Å². The number of benzene rings is 1. The largest absolute Gasteiger partial charge is 0.479 e. The van der Waals surface area contributed by atoms with Crippen molar-refractivity contribution in [3.05, 3.63) is 30.4 Å². The summed E-state index contributed by atoms with van der Waals surface area (Å²) in [6, 6.07) is 5.39. The van der Waals surface area contributed by atoms with E-state index in [0.717, 1.165) is 24.1 Å². The lowest BCUT2D eigenvalue weighted by molar-refractivity contribution is -0.125. The zero-order chi connectivity index (χ0) is 15.9. The van der Waals surface area contributed by atoms with Crippen LogP contribution in [0.15, 0.2) is 30.4 Å². The monoisotopic (exact) mass is 300 g/mol. The number of fused-ring (bicyclic) bond motifs is 1. The number of amides is 2. The average Bonchev–Trinajstić information content (AvgIpc) is 3.28. The van der Waals surface area contributed by atoms with Crippen molar-refractivity contribution in [2.45, 2.75) is 32.8 Å². The number of anilines is 2. The molecular weight excluding hydrogens is 280 g/mol. The highest BCUT2D eigenvalue weighted by molar-refractivity contribution is 6.01. The molecule has 0 spiro atoms. The van der Waals surface area contributed by atoms with Crippen LogP contribution in [0.3, 0.4) is 0 Å². The van der Waals surface area contributed by atoms with Crippen LogP contribution in [-0.2, 0) is 9.59 Å². The molecule has 1 atom stereocenters. The van der Waals surface area contributed by atoms with E-state index >= 15 is 0 Å². The van der Waals surface area contributed by atoms with Crippen LogP contribution in [0.2, 0.25) is 0 Å². The van der Waals surface area contributed by atoms with Gasteiger partial charge in [-0.3, -0.25) is 9.59 Å². The van der Waals surface area contributed by atoms with Crippen molar-refractivity contribution in [2.75, 3.05) is 16.8 Å². The smallest absolute Gasteiger partial charge is 0.268 e. The molecule has 0 saturated heterocycles. The van der Waals surface area contributed by atoms with Gasteiger partial charge in [0, 0.05) is 24.2 Å². The first-order valence-corrected chi connectivity index (χ1v) is 7.53. The molecule has 1 saturated carbocycles. The van der Waals surface area contributed by atoms with Crippen molar-refractivity contribution in [3.63, 3.8) is 0 Å². The van der Waals surface area contributed by atoms with Gasteiger partial charge in [-0.2, -0.15) is 0 Å². The SMILES string of the molecule is C=C(C)CN1C(=O)C(C)Oc2cc(NC(=O)C3CC3)ccc21. The van der Waals surface area contributed by atoms with Crippen molar-refractivity contribution in [3.8, 4) is 5.75 Å². The summed E-state index contributed by atoms with van der Waals surface area (Å²) in [6.07, 6.45) is 1.39. The van der Waals surface area contributed by atoms with Gasteiger partial charge in [-0.1, -0.05) is 12.2 Å². The zero-order valence-electron chi connectivity index (χ0n) is 12.9. The number of rotatable bonds is 4. The summed E-state index contributed by atoms with van der Waals surface area (Å²) < 4.78 is 5.68. The van der Waals surface area contributed by atoms with E-state index in [1.807, 2.05) is 13.0 Å². The second-order valence-electron chi connectivity index (χ2n) is 6.09. The summed E-state index contributed by atoms with van der Waals surface area (Å²) in [5.41, 5.74) is 2.32. The third-order valence-corrected chi connectivity index (χ3v) is 3.81. The van der Waals surface area contributed by atoms with Crippen LogP contribution in [0, 0.1) is 5.92 Å². The van der Waals surface area contributed by atoms with Crippen LogP contribution < -0.4 is 15.0 Å². The number of ether oxygens (including phenoxy) is 1. The average molecular weight is 300 g/mol. The Bertz CT molecular complexity index is 649. The first-order chi connectivity index (χ1) is 10.5. The lowest BCUT2D eigenvalue weighted by Gasteiger charge is -2.33. The van der Waals surface area contributed by atoms with Crippen LogP contribution in [-0.4, -0.2) is 24.5 Å². The fourth-order valence-corrected chi connectivity index (χ4v) is 2.51. The maximum Gasteiger partial charge on any atom is 0.268 e. The minimum atomic E-state index is -0.541. The lowest BCUT2D eigenvalue weighted by Crippen LogP contribution is -2.45. The minimum absolute atomic E-state index is 0.0543. The number of hydrogen-bond acceptors (Lipinski definition) is 3. The summed E-state index contributed by atoms with van der Waals surface area (Å²) in [5.74, 6) is 0.739. The maximum atomic E-state index is 12.3. The molecule has 5 heteroatoms. The molecule has 2 aliphatic rings. The number of nitrogens with zero attached hydrogens (tertiary/aromatic N) is 1. The Balaban J connectivity index is 1.87. The van der Waals surface area contributed by atoms with Gasteiger partial charge in [-0.15, -0.1) is 0 Å². The number of hydrogen-bond donors (Lipinski definition) is 1. The molecule has 116 valence electrons. The Morgan fingerprint density at radius 3 is 2.82 bits per heavy atom. The zero-order valence-corrected chi connectivity index (χ0v) is 12.9. The Kier molecular flexibility index (Phi) is 3.64. The topological polar surface area (TPSA) is 58.6 Å². The van der Waals surface area contributed by atoms with Gasteiger partial charge >= 0.3 is 0 Å². The molecule has 1 aliphatic carbocycles. The molecule has 5 nitrogen and oxygen atoms in total. The quantitative estimate of drug-likeness (QED) is 0.870. The van der Waals surface area contributed by atoms with E-state index in [-0.39, 0.29) is 17.7 Å². The highest BCUT2D eigenvalue weighted by atomic mass is 16.5. The maximum absolute atomic E-state index is 12.3. The van der Waals surface area contributed by atoms with Crippen molar-refractivity contribution >= 4 is 23.2 Å². The summed E-state index contributed by atoms with van der Waals surface area (Å²) in [7, 11) is 0. The fourth-order valence-electron chi connectivity index (χ4n) is 2.51. The standard InChI is InChI=1S/C17H20N2O3/c1-10(2)9-19-14-7-6-13(18-16(20)12-4-5-12)8-15(14)22-11(3)17(19)21/h6-8,11-12H,1,4-5,9H2,2-3H3,(H,18,20). The molecule has 1 unspecified atom stereocenters. The summed E-state index contributed by atoms with van der Waals surface area (Å²) in [4.78, 5) is 25.8. The van der Waals surface area contributed by atoms with Crippen molar-refractivity contribution in [1.29, 1.82) is 0 Å². The third-order valence-electron chi connectivity index (χ3n) is 3.81. The highest BCUT2D eigenvalue weighted by Crippen LogP contribution is 2.37. The predicted octanol–water partition coefficient (Wildman–Crippen LogP) is 2.73. The van der Waals surface area contributed by atoms with Gasteiger partial charge in [0.1, 0.15) is 5.75 Å². The first kappa shape index (κ1) is 14.6. The molecule has 1 aromatic carbocycles. The Morgan fingerprint density at radius 1 is 1.45 bits per heavy atom. The fraction of sp³-hybridized carbons (Fsp3) is 0.412. The van der Waals surface area contributed by atoms with Crippen molar-refractivity contribution in [2.24, 2.45) is 5.92 Å².